The maximum atomic E-state index is 10.5. The van der Waals surface area contributed by atoms with Crippen LogP contribution in [0.4, 0.5) is 0 Å². The third-order valence-electron chi connectivity index (χ3n) is 6.79. The first-order valence-corrected chi connectivity index (χ1v) is 11.1. The van der Waals surface area contributed by atoms with Crippen LogP contribution in [0, 0.1) is 11.8 Å². The first-order valence-electron chi connectivity index (χ1n) is 11.1. The van der Waals surface area contributed by atoms with Crippen molar-refractivity contribution < 1.29 is 30.0 Å². The van der Waals surface area contributed by atoms with Crippen LogP contribution in [0.15, 0.2) is 30.3 Å². The molecule has 3 aliphatic rings. The Balaban J connectivity index is 0.000000513. The van der Waals surface area contributed by atoms with Gasteiger partial charge in [-0.1, -0.05) is 36.8 Å². The molecule has 174 valence electrons. The molecule has 1 aromatic rings. The summed E-state index contributed by atoms with van der Waals surface area (Å²) in [7, 11) is 0. The molecule has 0 radical (unpaired) electrons. The van der Waals surface area contributed by atoms with Crippen LogP contribution >= 0.6 is 0 Å². The number of nitrogens with zero attached hydrogens (tertiary/aromatic N) is 2. The zero-order chi connectivity index (χ0) is 22.6. The zero-order valence-electron chi connectivity index (χ0n) is 18.0. The van der Waals surface area contributed by atoms with Crippen molar-refractivity contribution in [1.82, 2.24) is 9.80 Å². The lowest BCUT2D eigenvalue weighted by Crippen LogP contribution is -2.64. The molecule has 0 saturated carbocycles. The van der Waals surface area contributed by atoms with Crippen LogP contribution in [0.3, 0.4) is 0 Å². The number of hydrogen-bond donors (Lipinski definition) is 4. The Kier molecular flexibility index (Phi) is 10.9. The molecule has 0 amide bonds. The Bertz CT molecular complexity index is 626. The lowest BCUT2D eigenvalue weighted by molar-refractivity contribution is -0.123. The lowest BCUT2D eigenvalue weighted by Gasteiger charge is -2.56. The summed E-state index contributed by atoms with van der Waals surface area (Å²) >= 11 is 0. The number of hydrogen-bond acceptors (Lipinski definition) is 6. The van der Waals surface area contributed by atoms with Crippen LogP contribution in [-0.4, -0.2) is 88.0 Å². The molecule has 8 heteroatoms. The topological polar surface area (TPSA) is 122 Å². The van der Waals surface area contributed by atoms with Crippen molar-refractivity contribution in [3.05, 3.63) is 35.9 Å². The van der Waals surface area contributed by atoms with Crippen molar-refractivity contribution in [1.29, 1.82) is 0 Å². The summed E-state index contributed by atoms with van der Waals surface area (Å²) in [5.74, 6) is 1.34. The minimum absolute atomic E-state index is 0.250. The normalized spacial score (nSPS) is 28.6. The molecule has 8 nitrogen and oxygen atoms in total. The number of carbonyl (C=O) groups is 2. The van der Waals surface area contributed by atoms with E-state index in [9.17, 15) is 10.2 Å². The van der Waals surface area contributed by atoms with E-state index in [-0.39, 0.29) is 19.0 Å². The fourth-order valence-electron chi connectivity index (χ4n) is 5.59. The predicted molar refractivity (Wildman–Crippen MR) is 117 cm³/mol. The van der Waals surface area contributed by atoms with Gasteiger partial charge in [0.2, 0.25) is 0 Å². The van der Waals surface area contributed by atoms with Crippen molar-refractivity contribution in [2.75, 3.05) is 32.8 Å². The second-order valence-electron chi connectivity index (χ2n) is 8.49. The van der Waals surface area contributed by atoms with Crippen LogP contribution in [0.2, 0.25) is 0 Å². The predicted octanol–water partition coefficient (Wildman–Crippen LogP) is 1.68. The minimum atomic E-state index is -0.372. The molecule has 0 aliphatic carbocycles. The van der Waals surface area contributed by atoms with Gasteiger partial charge in [0.1, 0.15) is 0 Å². The monoisotopic (exact) mass is 436 g/mol. The van der Waals surface area contributed by atoms with Crippen LogP contribution in [-0.2, 0) is 9.59 Å². The van der Waals surface area contributed by atoms with Crippen LogP contribution in [0.1, 0.15) is 43.8 Å². The fraction of sp³-hybridized carbons (Fsp3) is 0.652. The van der Waals surface area contributed by atoms with Gasteiger partial charge in [0.15, 0.2) is 0 Å². The first-order chi connectivity index (χ1) is 15.1. The third kappa shape index (κ3) is 7.00. The summed E-state index contributed by atoms with van der Waals surface area (Å²) in [6.45, 7) is 4.17. The smallest absolute Gasteiger partial charge is 0.290 e. The standard InChI is InChI=1S/C21H32N2O2.2CH2O2/c24-15-20-18-12-17(19-8-4-5-10-23(19)20)13-22(14-18)11-9-21(25)16-6-2-1-3-7-16;2*2-1-3/h1-3,6-7,17-21,24-25H,4-5,8-15H2;2*1H,(H,2,3)/t17-,18+,19+,20+,21-;;/m1../s1. The van der Waals surface area contributed by atoms with Gasteiger partial charge in [0.05, 0.1) is 12.7 Å². The summed E-state index contributed by atoms with van der Waals surface area (Å²) in [5.41, 5.74) is 1.02. The number of aliphatic hydroxyl groups excluding tert-OH is 2. The van der Waals surface area contributed by atoms with Crippen molar-refractivity contribution >= 4 is 12.9 Å². The average molecular weight is 437 g/mol. The van der Waals surface area contributed by atoms with Gasteiger partial charge in [-0.2, -0.15) is 0 Å². The van der Waals surface area contributed by atoms with Crippen molar-refractivity contribution in [3.8, 4) is 0 Å². The SMILES string of the molecule is O=CO.O=CO.OC[C@H]1[C@H]2C[C@H](CN(CC[C@@H](O)c3ccccc3)C2)[C@@H]2CCCCN12. The largest absolute Gasteiger partial charge is 0.483 e. The van der Waals surface area contributed by atoms with E-state index in [1.165, 1.54) is 32.2 Å². The average Bonchev–Trinajstić information content (AvgIpc) is 2.79. The summed E-state index contributed by atoms with van der Waals surface area (Å²) in [6.07, 6.45) is 5.63. The number of likely N-dealkylation sites (tertiary alicyclic amines) is 1. The molecule has 3 aliphatic heterocycles. The van der Waals surface area contributed by atoms with E-state index in [2.05, 4.69) is 9.80 Å². The highest BCUT2D eigenvalue weighted by Gasteiger charge is 2.46. The molecule has 3 heterocycles. The summed E-state index contributed by atoms with van der Waals surface area (Å²) in [4.78, 5) is 21.9. The number of rotatable bonds is 5. The Morgan fingerprint density at radius 2 is 1.68 bits per heavy atom. The molecule has 3 saturated heterocycles. The lowest BCUT2D eigenvalue weighted by atomic mass is 9.72. The molecule has 0 unspecified atom stereocenters. The molecule has 1 aromatic carbocycles. The Hall–Kier alpha value is -2.00. The summed E-state index contributed by atoms with van der Waals surface area (Å²) in [6, 6.07) is 11.0. The van der Waals surface area contributed by atoms with E-state index in [0.717, 1.165) is 37.5 Å². The second-order valence-corrected chi connectivity index (χ2v) is 8.49. The van der Waals surface area contributed by atoms with E-state index < -0.39 is 0 Å². The van der Waals surface area contributed by atoms with Crippen LogP contribution in [0.25, 0.3) is 0 Å². The highest BCUT2D eigenvalue weighted by Crippen LogP contribution is 2.41. The molecular weight excluding hydrogens is 400 g/mol. The third-order valence-corrected chi connectivity index (χ3v) is 6.79. The van der Waals surface area contributed by atoms with Crippen LogP contribution < -0.4 is 0 Å². The minimum Gasteiger partial charge on any atom is -0.483 e. The second kappa shape index (κ2) is 13.4. The van der Waals surface area contributed by atoms with Crippen molar-refractivity contribution in [2.45, 2.75) is 50.3 Å². The molecule has 5 atom stereocenters. The zero-order valence-corrected chi connectivity index (χ0v) is 18.0. The van der Waals surface area contributed by atoms with Gasteiger partial charge < -0.3 is 25.3 Å². The summed E-state index contributed by atoms with van der Waals surface area (Å²) < 4.78 is 0. The van der Waals surface area contributed by atoms with Gasteiger partial charge in [-0.25, -0.2) is 0 Å². The van der Waals surface area contributed by atoms with Crippen molar-refractivity contribution in [3.63, 3.8) is 0 Å². The van der Waals surface area contributed by atoms with Crippen molar-refractivity contribution in [2.24, 2.45) is 11.8 Å². The first kappa shape index (κ1) is 25.3. The maximum absolute atomic E-state index is 10.5. The van der Waals surface area contributed by atoms with Gasteiger partial charge in [0, 0.05) is 31.7 Å². The highest BCUT2D eigenvalue weighted by atomic mass is 16.3. The molecule has 4 rings (SSSR count). The number of aliphatic hydroxyl groups is 2. The number of carboxylic acid groups (broad SMARTS) is 2. The van der Waals surface area contributed by atoms with Gasteiger partial charge in [-0.15, -0.1) is 0 Å². The quantitative estimate of drug-likeness (QED) is 0.515. The van der Waals surface area contributed by atoms with Gasteiger partial charge in [0.25, 0.3) is 12.9 Å². The van der Waals surface area contributed by atoms with E-state index in [1.54, 1.807) is 0 Å². The van der Waals surface area contributed by atoms with Gasteiger partial charge in [-0.05, 0) is 49.6 Å². The van der Waals surface area contributed by atoms with E-state index in [4.69, 9.17) is 19.8 Å². The molecule has 0 aromatic heterocycles. The molecule has 31 heavy (non-hydrogen) atoms. The van der Waals surface area contributed by atoms with Crippen LogP contribution in [0.5, 0.6) is 0 Å². The van der Waals surface area contributed by atoms with E-state index in [1.807, 2.05) is 30.3 Å². The van der Waals surface area contributed by atoms with Gasteiger partial charge >= 0.3 is 0 Å². The molecule has 4 N–H and O–H groups in total. The Morgan fingerprint density at radius 3 is 2.32 bits per heavy atom. The van der Waals surface area contributed by atoms with E-state index >= 15 is 0 Å². The molecule has 3 fully saturated rings. The Morgan fingerprint density at radius 1 is 1.03 bits per heavy atom. The molecule has 2 bridgehead atoms. The Labute approximate surface area is 184 Å². The molecule has 0 spiro atoms. The fourth-order valence-corrected chi connectivity index (χ4v) is 5.59. The number of benzene rings is 1. The number of piperidine rings is 3. The highest BCUT2D eigenvalue weighted by molar-refractivity contribution is 5.33. The van der Waals surface area contributed by atoms with E-state index in [0.29, 0.717) is 24.6 Å². The number of fused-ring (bicyclic) bond motifs is 4. The maximum Gasteiger partial charge on any atom is 0.290 e. The molecular formula is C23H36N2O6. The summed E-state index contributed by atoms with van der Waals surface area (Å²) in [5, 5.41) is 34.2. The van der Waals surface area contributed by atoms with Gasteiger partial charge in [-0.3, -0.25) is 14.5 Å².